The molecule has 0 aliphatic heterocycles. The highest BCUT2D eigenvalue weighted by atomic mass is 14.7. The van der Waals surface area contributed by atoms with Crippen molar-refractivity contribution >= 4 is 0 Å². The summed E-state index contributed by atoms with van der Waals surface area (Å²) in [6.07, 6.45) is 0. The zero-order valence-electron chi connectivity index (χ0n) is 6.70. The van der Waals surface area contributed by atoms with E-state index >= 15 is 0 Å². The maximum absolute atomic E-state index is 8.59. The lowest BCUT2D eigenvalue weighted by Gasteiger charge is -2.08. The number of nitrogens with zero attached hydrogens (tertiary/aromatic N) is 1. The molecule has 1 aromatic rings. The summed E-state index contributed by atoms with van der Waals surface area (Å²) < 4.78 is 0. The van der Waals surface area contributed by atoms with Gasteiger partial charge in [0.15, 0.2) is 0 Å². The van der Waals surface area contributed by atoms with Crippen LogP contribution < -0.4 is 11.5 Å². The lowest BCUT2D eigenvalue weighted by molar-refractivity contribution is 0.737. The van der Waals surface area contributed by atoms with Crippen molar-refractivity contribution in [2.45, 2.75) is 6.04 Å². The van der Waals surface area contributed by atoms with Crippen molar-refractivity contribution in [2.75, 3.05) is 6.54 Å². The molecule has 0 heterocycles. The topological polar surface area (TPSA) is 75.8 Å². The highest BCUT2D eigenvalue weighted by molar-refractivity contribution is 5.34. The minimum absolute atomic E-state index is 0.168. The van der Waals surface area contributed by atoms with Crippen LogP contribution in [0.25, 0.3) is 0 Å². The van der Waals surface area contributed by atoms with E-state index in [0.717, 1.165) is 5.56 Å². The van der Waals surface area contributed by atoms with Crippen LogP contribution >= 0.6 is 0 Å². The largest absolute Gasteiger partial charge is 0.329 e. The van der Waals surface area contributed by atoms with Crippen molar-refractivity contribution in [1.29, 1.82) is 5.26 Å². The van der Waals surface area contributed by atoms with Gasteiger partial charge < -0.3 is 11.5 Å². The van der Waals surface area contributed by atoms with E-state index < -0.39 is 0 Å². The highest BCUT2D eigenvalue weighted by Crippen LogP contribution is 2.10. The number of hydrogen-bond acceptors (Lipinski definition) is 3. The fourth-order valence-electron chi connectivity index (χ4n) is 0.975. The molecule has 0 spiro atoms. The van der Waals surface area contributed by atoms with Gasteiger partial charge in [0.05, 0.1) is 11.6 Å². The summed E-state index contributed by atoms with van der Waals surface area (Å²) in [5.41, 5.74) is 12.6. The summed E-state index contributed by atoms with van der Waals surface area (Å²) in [6.45, 7) is 0.398. The standard InChI is InChI=1S/C9H11N3/c10-5-7-2-1-3-8(4-7)9(12)6-11/h1-4,9H,6,11-12H2/t9-/m0/s1. The molecule has 4 N–H and O–H groups in total. The molecule has 0 bridgehead atoms. The van der Waals surface area contributed by atoms with E-state index in [1.807, 2.05) is 18.2 Å². The number of rotatable bonds is 2. The lowest BCUT2D eigenvalue weighted by Crippen LogP contribution is -2.20. The quantitative estimate of drug-likeness (QED) is 0.663. The summed E-state index contributed by atoms with van der Waals surface area (Å²) >= 11 is 0. The predicted octanol–water partition coefficient (Wildman–Crippen LogP) is 0.517. The summed E-state index contributed by atoms with van der Waals surface area (Å²) in [5, 5.41) is 8.59. The fraction of sp³-hybridized carbons (Fsp3) is 0.222. The molecule has 62 valence electrons. The minimum Gasteiger partial charge on any atom is -0.329 e. The number of hydrogen-bond donors (Lipinski definition) is 2. The van der Waals surface area contributed by atoms with Crippen LogP contribution in [0.3, 0.4) is 0 Å². The third-order valence-corrected chi connectivity index (χ3v) is 1.70. The SMILES string of the molecule is N#Cc1cccc([C@@H](N)CN)c1. The summed E-state index contributed by atoms with van der Waals surface area (Å²) in [5.74, 6) is 0. The van der Waals surface area contributed by atoms with Crippen LogP contribution in [0, 0.1) is 11.3 Å². The second kappa shape index (κ2) is 3.86. The maximum atomic E-state index is 8.59. The lowest BCUT2D eigenvalue weighted by atomic mass is 10.1. The van der Waals surface area contributed by atoms with Gasteiger partial charge in [0.2, 0.25) is 0 Å². The Labute approximate surface area is 71.6 Å². The molecule has 0 unspecified atom stereocenters. The van der Waals surface area contributed by atoms with Gasteiger partial charge >= 0.3 is 0 Å². The van der Waals surface area contributed by atoms with E-state index in [1.54, 1.807) is 12.1 Å². The smallest absolute Gasteiger partial charge is 0.0991 e. The Balaban J connectivity index is 2.95. The summed E-state index contributed by atoms with van der Waals surface area (Å²) in [4.78, 5) is 0. The monoisotopic (exact) mass is 161 g/mol. The van der Waals surface area contributed by atoms with Crippen molar-refractivity contribution in [1.82, 2.24) is 0 Å². The second-order valence-corrected chi connectivity index (χ2v) is 2.58. The number of nitriles is 1. The molecule has 0 aromatic heterocycles. The van der Waals surface area contributed by atoms with Crippen LogP contribution in [0.2, 0.25) is 0 Å². The average Bonchev–Trinajstić information content (AvgIpc) is 2.17. The molecule has 0 fully saturated rings. The Hall–Kier alpha value is -1.37. The summed E-state index contributed by atoms with van der Waals surface area (Å²) in [6, 6.07) is 9.07. The molecule has 3 heteroatoms. The van der Waals surface area contributed by atoms with Crippen molar-refractivity contribution in [3.8, 4) is 6.07 Å². The minimum atomic E-state index is -0.168. The molecule has 3 nitrogen and oxygen atoms in total. The molecule has 0 aliphatic rings. The molecule has 1 atom stereocenters. The first-order valence-electron chi connectivity index (χ1n) is 3.73. The van der Waals surface area contributed by atoms with Crippen molar-refractivity contribution in [3.63, 3.8) is 0 Å². The Morgan fingerprint density at radius 3 is 2.83 bits per heavy atom. The molecule has 0 saturated heterocycles. The van der Waals surface area contributed by atoms with Gasteiger partial charge in [-0.15, -0.1) is 0 Å². The molecule has 0 radical (unpaired) electrons. The molecule has 1 rings (SSSR count). The van der Waals surface area contributed by atoms with Gasteiger partial charge in [-0.1, -0.05) is 12.1 Å². The van der Waals surface area contributed by atoms with Gasteiger partial charge in [0.25, 0.3) is 0 Å². The van der Waals surface area contributed by atoms with E-state index in [0.29, 0.717) is 12.1 Å². The third kappa shape index (κ3) is 1.82. The highest BCUT2D eigenvalue weighted by Gasteiger charge is 2.02. The van der Waals surface area contributed by atoms with Gasteiger partial charge in [-0.25, -0.2) is 0 Å². The number of nitrogens with two attached hydrogens (primary N) is 2. The van der Waals surface area contributed by atoms with E-state index in [9.17, 15) is 0 Å². The molecule has 0 amide bonds. The molecule has 1 aromatic carbocycles. The first kappa shape index (κ1) is 8.72. The average molecular weight is 161 g/mol. The van der Waals surface area contributed by atoms with Crippen LogP contribution in [-0.4, -0.2) is 6.54 Å². The molecule has 0 saturated carbocycles. The van der Waals surface area contributed by atoms with Crippen LogP contribution in [0.4, 0.5) is 0 Å². The fourth-order valence-corrected chi connectivity index (χ4v) is 0.975. The normalized spacial score (nSPS) is 12.1. The maximum Gasteiger partial charge on any atom is 0.0991 e. The second-order valence-electron chi connectivity index (χ2n) is 2.58. The summed E-state index contributed by atoms with van der Waals surface area (Å²) in [7, 11) is 0. The molecular weight excluding hydrogens is 150 g/mol. The van der Waals surface area contributed by atoms with Crippen LogP contribution in [-0.2, 0) is 0 Å². The molecular formula is C9H11N3. The van der Waals surface area contributed by atoms with E-state index in [-0.39, 0.29) is 6.04 Å². The Kier molecular flexibility index (Phi) is 2.81. The van der Waals surface area contributed by atoms with Crippen molar-refractivity contribution < 1.29 is 0 Å². The zero-order chi connectivity index (χ0) is 8.97. The Bertz CT molecular complexity index is 301. The number of benzene rings is 1. The zero-order valence-corrected chi connectivity index (χ0v) is 6.70. The molecule has 12 heavy (non-hydrogen) atoms. The third-order valence-electron chi connectivity index (χ3n) is 1.70. The predicted molar refractivity (Wildman–Crippen MR) is 47.1 cm³/mol. The first-order valence-corrected chi connectivity index (χ1v) is 3.73. The van der Waals surface area contributed by atoms with Crippen LogP contribution in [0.1, 0.15) is 17.2 Å². The molecule has 0 aliphatic carbocycles. The van der Waals surface area contributed by atoms with Gasteiger partial charge in [-0.3, -0.25) is 0 Å². The Morgan fingerprint density at radius 1 is 1.50 bits per heavy atom. The van der Waals surface area contributed by atoms with E-state index in [2.05, 4.69) is 0 Å². The van der Waals surface area contributed by atoms with E-state index in [1.165, 1.54) is 0 Å². The van der Waals surface area contributed by atoms with Crippen molar-refractivity contribution in [2.24, 2.45) is 11.5 Å². The van der Waals surface area contributed by atoms with Crippen LogP contribution in [0.5, 0.6) is 0 Å². The van der Waals surface area contributed by atoms with Crippen LogP contribution in [0.15, 0.2) is 24.3 Å². The Morgan fingerprint density at radius 2 is 2.25 bits per heavy atom. The van der Waals surface area contributed by atoms with Gasteiger partial charge in [-0.05, 0) is 17.7 Å². The van der Waals surface area contributed by atoms with Crippen molar-refractivity contribution in [3.05, 3.63) is 35.4 Å². The van der Waals surface area contributed by atoms with Gasteiger partial charge in [0, 0.05) is 12.6 Å². The van der Waals surface area contributed by atoms with Gasteiger partial charge in [-0.2, -0.15) is 5.26 Å². The van der Waals surface area contributed by atoms with Gasteiger partial charge in [0.1, 0.15) is 0 Å². The van der Waals surface area contributed by atoms with E-state index in [4.69, 9.17) is 16.7 Å². The first-order chi connectivity index (χ1) is 5.77.